The van der Waals surface area contributed by atoms with Crippen LogP contribution >= 0.6 is 0 Å². The Kier molecular flexibility index (Phi) is 6.13. The first-order valence-electron chi connectivity index (χ1n) is 8.97. The number of aromatic nitrogens is 2. The third kappa shape index (κ3) is 5.79. The van der Waals surface area contributed by atoms with Crippen LogP contribution in [0.25, 0.3) is 11.8 Å². The number of amides is 1. The van der Waals surface area contributed by atoms with Gasteiger partial charge in [-0.1, -0.05) is 36.4 Å². The zero-order valence-electron chi connectivity index (χ0n) is 16.1. The van der Waals surface area contributed by atoms with Crippen LogP contribution in [0.2, 0.25) is 0 Å². The number of para-hydroxylation sites is 2. The van der Waals surface area contributed by atoms with E-state index in [0.717, 1.165) is 17.5 Å². The van der Waals surface area contributed by atoms with E-state index in [1.807, 2.05) is 36.5 Å². The van der Waals surface area contributed by atoms with Gasteiger partial charge >= 0.3 is 0 Å². The number of carbonyl (C=O) groups excluding carboxylic acids is 1. The number of hydrogen-bond acceptors (Lipinski definition) is 4. The highest BCUT2D eigenvalue weighted by molar-refractivity contribution is 7.92. The summed E-state index contributed by atoms with van der Waals surface area (Å²) in [5, 5.41) is 7.13. The van der Waals surface area contributed by atoms with Crippen LogP contribution in [-0.4, -0.2) is 30.4 Å². The van der Waals surface area contributed by atoms with E-state index in [2.05, 4.69) is 15.1 Å². The number of anilines is 1. The summed E-state index contributed by atoms with van der Waals surface area (Å²) in [6.45, 7) is 1.79. The van der Waals surface area contributed by atoms with Crippen molar-refractivity contribution in [3.63, 3.8) is 0 Å². The molecule has 0 aliphatic rings. The topological polar surface area (TPSA) is 93.1 Å². The lowest BCUT2D eigenvalue weighted by atomic mass is 10.1. The summed E-state index contributed by atoms with van der Waals surface area (Å²) in [4.78, 5) is 12.3. The molecule has 0 fully saturated rings. The molecule has 8 heteroatoms. The molecular formula is C21H22N4O3S. The molecule has 0 radical (unpaired) electrons. The van der Waals surface area contributed by atoms with Crippen LogP contribution in [0.4, 0.5) is 5.69 Å². The Balaban J connectivity index is 1.66. The van der Waals surface area contributed by atoms with Crippen molar-refractivity contribution >= 4 is 27.7 Å². The maximum atomic E-state index is 12.3. The Bertz CT molecular complexity index is 1120. The maximum Gasteiger partial charge on any atom is 0.244 e. The van der Waals surface area contributed by atoms with Crippen LogP contribution < -0.4 is 10.0 Å². The average Bonchev–Trinajstić information content (AvgIpc) is 3.15. The normalized spacial score (nSPS) is 12.6. The van der Waals surface area contributed by atoms with Crippen LogP contribution in [0.15, 0.2) is 73.1 Å². The van der Waals surface area contributed by atoms with Gasteiger partial charge in [-0.05, 0) is 36.8 Å². The largest absolute Gasteiger partial charge is 0.346 e. The van der Waals surface area contributed by atoms with Gasteiger partial charge in [0.1, 0.15) is 0 Å². The summed E-state index contributed by atoms with van der Waals surface area (Å²) in [6, 6.07) is 16.2. The van der Waals surface area contributed by atoms with Crippen LogP contribution in [0.5, 0.6) is 0 Å². The molecule has 150 valence electrons. The van der Waals surface area contributed by atoms with Gasteiger partial charge in [-0.25, -0.2) is 13.1 Å². The Morgan fingerprint density at radius 2 is 1.79 bits per heavy atom. The standard InChI is InChI=1S/C21H22N4O3S/c1-16(19-10-6-7-11-20(19)24-29(2,27)28)23-21(26)13-12-17-14-22-25(15-17)18-8-4-3-5-9-18/h3-16,24H,1-2H3,(H,23,26). The van der Waals surface area contributed by atoms with Gasteiger partial charge in [0, 0.05) is 17.8 Å². The van der Waals surface area contributed by atoms with Gasteiger partial charge in [0.15, 0.2) is 0 Å². The third-order valence-corrected chi connectivity index (χ3v) is 4.72. The number of sulfonamides is 1. The zero-order valence-corrected chi connectivity index (χ0v) is 16.9. The molecule has 0 aliphatic heterocycles. The Morgan fingerprint density at radius 3 is 2.52 bits per heavy atom. The van der Waals surface area contributed by atoms with Crippen molar-refractivity contribution in [2.24, 2.45) is 0 Å². The van der Waals surface area contributed by atoms with Gasteiger partial charge in [-0.2, -0.15) is 5.10 Å². The molecule has 0 saturated heterocycles. The molecule has 0 saturated carbocycles. The van der Waals surface area contributed by atoms with Gasteiger partial charge in [-0.15, -0.1) is 0 Å². The SMILES string of the molecule is CC(NC(=O)C=Cc1cnn(-c2ccccc2)c1)c1ccccc1NS(C)(=O)=O. The second-order valence-corrected chi connectivity index (χ2v) is 8.33. The van der Waals surface area contributed by atoms with Gasteiger partial charge < -0.3 is 5.32 Å². The van der Waals surface area contributed by atoms with Crippen molar-refractivity contribution in [3.8, 4) is 5.69 Å². The highest BCUT2D eigenvalue weighted by Gasteiger charge is 2.14. The smallest absolute Gasteiger partial charge is 0.244 e. The summed E-state index contributed by atoms with van der Waals surface area (Å²) < 4.78 is 27.3. The number of benzene rings is 2. The fraction of sp³-hybridized carbons (Fsp3) is 0.143. The van der Waals surface area contributed by atoms with Gasteiger partial charge in [0.25, 0.3) is 0 Å². The summed E-state index contributed by atoms with van der Waals surface area (Å²) >= 11 is 0. The second-order valence-electron chi connectivity index (χ2n) is 6.58. The minimum absolute atomic E-state index is 0.292. The Labute approximate surface area is 170 Å². The van der Waals surface area contributed by atoms with E-state index < -0.39 is 10.0 Å². The van der Waals surface area contributed by atoms with Gasteiger partial charge in [0.2, 0.25) is 15.9 Å². The molecule has 1 amide bonds. The summed E-state index contributed by atoms with van der Waals surface area (Å²) in [7, 11) is -3.41. The number of nitrogens with zero attached hydrogens (tertiary/aromatic N) is 2. The fourth-order valence-electron chi connectivity index (χ4n) is 2.82. The quantitative estimate of drug-likeness (QED) is 0.585. The first-order chi connectivity index (χ1) is 13.8. The van der Waals surface area contributed by atoms with E-state index in [9.17, 15) is 13.2 Å². The second kappa shape index (κ2) is 8.74. The van der Waals surface area contributed by atoms with E-state index >= 15 is 0 Å². The fourth-order valence-corrected chi connectivity index (χ4v) is 3.41. The number of nitrogens with one attached hydrogen (secondary N) is 2. The highest BCUT2D eigenvalue weighted by atomic mass is 32.2. The van der Waals surface area contributed by atoms with Crippen LogP contribution in [0.3, 0.4) is 0 Å². The van der Waals surface area contributed by atoms with Crippen LogP contribution in [0, 0.1) is 0 Å². The molecule has 0 aliphatic carbocycles. The lowest BCUT2D eigenvalue weighted by molar-refractivity contribution is -0.117. The van der Waals surface area contributed by atoms with Gasteiger partial charge in [-0.3, -0.25) is 9.52 Å². The Morgan fingerprint density at radius 1 is 1.10 bits per heavy atom. The van der Waals surface area contributed by atoms with E-state index in [-0.39, 0.29) is 11.9 Å². The molecule has 2 N–H and O–H groups in total. The number of carbonyl (C=O) groups is 1. The molecular weight excluding hydrogens is 388 g/mol. The van der Waals surface area contributed by atoms with E-state index in [4.69, 9.17) is 0 Å². The van der Waals surface area contributed by atoms with Gasteiger partial charge in [0.05, 0.1) is 29.9 Å². The highest BCUT2D eigenvalue weighted by Crippen LogP contribution is 2.23. The molecule has 7 nitrogen and oxygen atoms in total. The monoisotopic (exact) mass is 410 g/mol. The predicted molar refractivity (Wildman–Crippen MR) is 114 cm³/mol. The zero-order chi connectivity index (χ0) is 20.9. The lowest BCUT2D eigenvalue weighted by Gasteiger charge is -2.17. The molecule has 3 aromatic rings. The summed E-state index contributed by atoms with van der Waals surface area (Å²) in [5.74, 6) is -0.292. The van der Waals surface area contributed by atoms with Crippen LogP contribution in [0.1, 0.15) is 24.1 Å². The molecule has 29 heavy (non-hydrogen) atoms. The Hall–Kier alpha value is -3.39. The van der Waals surface area contributed by atoms with Crippen molar-refractivity contribution in [3.05, 3.63) is 84.2 Å². The minimum Gasteiger partial charge on any atom is -0.346 e. The summed E-state index contributed by atoms with van der Waals surface area (Å²) in [5.41, 5.74) is 2.84. The van der Waals surface area contributed by atoms with Crippen LogP contribution in [-0.2, 0) is 14.8 Å². The van der Waals surface area contributed by atoms with E-state index in [1.165, 1.54) is 6.08 Å². The third-order valence-electron chi connectivity index (χ3n) is 4.13. The van der Waals surface area contributed by atoms with Crippen molar-refractivity contribution in [2.45, 2.75) is 13.0 Å². The first-order valence-corrected chi connectivity index (χ1v) is 10.9. The minimum atomic E-state index is -3.41. The molecule has 0 bridgehead atoms. The first kappa shape index (κ1) is 20.3. The predicted octanol–water partition coefficient (Wildman–Crippen LogP) is 3.13. The molecule has 3 rings (SSSR count). The molecule has 1 heterocycles. The number of hydrogen-bond donors (Lipinski definition) is 2. The van der Waals surface area contributed by atoms with E-state index in [0.29, 0.717) is 11.3 Å². The van der Waals surface area contributed by atoms with Crippen molar-refractivity contribution in [2.75, 3.05) is 11.0 Å². The van der Waals surface area contributed by atoms with Crippen molar-refractivity contribution < 1.29 is 13.2 Å². The summed E-state index contributed by atoms with van der Waals surface area (Å²) in [6.07, 6.45) is 7.69. The lowest BCUT2D eigenvalue weighted by Crippen LogP contribution is -2.25. The van der Waals surface area contributed by atoms with E-state index in [1.54, 1.807) is 48.1 Å². The molecule has 0 spiro atoms. The van der Waals surface area contributed by atoms with Crippen molar-refractivity contribution in [1.29, 1.82) is 0 Å². The molecule has 2 aromatic carbocycles. The molecule has 1 unspecified atom stereocenters. The maximum absolute atomic E-state index is 12.3. The van der Waals surface area contributed by atoms with Crippen molar-refractivity contribution in [1.82, 2.24) is 15.1 Å². The number of rotatable bonds is 7. The molecule has 1 aromatic heterocycles. The average molecular weight is 410 g/mol. The molecule has 1 atom stereocenters.